The molecule has 0 radical (unpaired) electrons. The fourth-order valence-electron chi connectivity index (χ4n) is 2.96. The number of rotatable bonds is 8. The number of β-amino-alcohol motifs (C(OH)–C–C–N with tert-alkyl or cyclic N) is 1. The summed E-state index contributed by atoms with van der Waals surface area (Å²) in [6, 6.07) is 0. The highest BCUT2D eigenvalue weighted by molar-refractivity contribution is 5.72. The number of carbonyl (C=O) groups excluding carboxylic acids is 1. The van der Waals surface area contributed by atoms with Crippen molar-refractivity contribution >= 4 is 5.97 Å². The van der Waals surface area contributed by atoms with E-state index in [0.29, 0.717) is 38.8 Å². The van der Waals surface area contributed by atoms with Crippen LogP contribution in [0.2, 0.25) is 0 Å². The summed E-state index contributed by atoms with van der Waals surface area (Å²) in [5.74, 6) is -0.218. The third-order valence-electron chi connectivity index (χ3n) is 4.98. The van der Waals surface area contributed by atoms with Gasteiger partial charge in [0.25, 0.3) is 0 Å². The molecule has 5 heteroatoms. The number of ether oxygens (including phenoxy) is 1. The Balaban J connectivity index is 2.49. The second-order valence-corrected chi connectivity index (χ2v) is 6.25. The second-order valence-electron chi connectivity index (χ2n) is 6.25. The molecule has 0 aliphatic heterocycles. The summed E-state index contributed by atoms with van der Waals surface area (Å²) in [5.41, 5.74) is -1.10. The van der Waals surface area contributed by atoms with E-state index in [4.69, 9.17) is 4.74 Å². The SMILES string of the molecule is CCOC(=O)C1CCC(O)(CNC(CC)(CC)CO)CC1. The van der Waals surface area contributed by atoms with Crippen LogP contribution in [0.15, 0.2) is 0 Å². The fraction of sp³-hybridized carbons (Fsp3) is 0.938. The van der Waals surface area contributed by atoms with Crippen LogP contribution in [0.4, 0.5) is 0 Å². The van der Waals surface area contributed by atoms with Crippen molar-refractivity contribution in [1.29, 1.82) is 0 Å². The van der Waals surface area contributed by atoms with Crippen LogP contribution in [-0.2, 0) is 9.53 Å². The number of hydrogen-bond donors (Lipinski definition) is 3. The maximum atomic E-state index is 11.7. The first-order valence-corrected chi connectivity index (χ1v) is 8.19. The maximum absolute atomic E-state index is 11.7. The van der Waals surface area contributed by atoms with E-state index in [9.17, 15) is 15.0 Å². The smallest absolute Gasteiger partial charge is 0.308 e. The molecule has 21 heavy (non-hydrogen) atoms. The van der Waals surface area contributed by atoms with Gasteiger partial charge in [-0.1, -0.05) is 13.8 Å². The van der Waals surface area contributed by atoms with Crippen molar-refractivity contribution in [3.8, 4) is 0 Å². The number of carbonyl (C=O) groups is 1. The molecule has 0 aromatic carbocycles. The average Bonchev–Trinajstić information content (AvgIpc) is 2.50. The third-order valence-corrected chi connectivity index (χ3v) is 4.98. The molecule has 1 aliphatic carbocycles. The van der Waals surface area contributed by atoms with Crippen LogP contribution in [-0.4, -0.2) is 47.1 Å². The minimum Gasteiger partial charge on any atom is -0.466 e. The molecule has 0 atom stereocenters. The van der Waals surface area contributed by atoms with E-state index in [1.807, 2.05) is 20.8 Å². The number of esters is 1. The van der Waals surface area contributed by atoms with E-state index in [1.54, 1.807) is 0 Å². The summed E-state index contributed by atoms with van der Waals surface area (Å²) in [4.78, 5) is 11.7. The molecule has 5 nitrogen and oxygen atoms in total. The molecular formula is C16H31NO4. The largest absolute Gasteiger partial charge is 0.466 e. The predicted molar refractivity (Wildman–Crippen MR) is 81.9 cm³/mol. The van der Waals surface area contributed by atoms with Crippen molar-refractivity contribution in [3.05, 3.63) is 0 Å². The van der Waals surface area contributed by atoms with Gasteiger partial charge in [0.15, 0.2) is 0 Å². The van der Waals surface area contributed by atoms with Gasteiger partial charge < -0.3 is 20.3 Å². The van der Waals surface area contributed by atoms with Gasteiger partial charge in [0, 0.05) is 12.1 Å². The Bertz CT molecular complexity index is 312. The molecule has 0 amide bonds. The first-order valence-electron chi connectivity index (χ1n) is 8.19. The van der Waals surface area contributed by atoms with E-state index >= 15 is 0 Å². The molecule has 3 N–H and O–H groups in total. The summed E-state index contributed by atoms with van der Waals surface area (Å²) in [7, 11) is 0. The van der Waals surface area contributed by atoms with Gasteiger partial charge in [-0.3, -0.25) is 4.79 Å². The number of hydrogen-bond acceptors (Lipinski definition) is 5. The molecule has 0 bridgehead atoms. The summed E-state index contributed by atoms with van der Waals surface area (Å²) in [6.45, 7) is 6.83. The van der Waals surface area contributed by atoms with Crippen LogP contribution < -0.4 is 5.32 Å². The Kier molecular flexibility index (Phi) is 7.10. The zero-order valence-electron chi connectivity index (χ0n) is 13.7. The van der Waals surface area contributed by atoms with Crippen molar-refractivity contribution in [3.63, 3.8) is 0 Å². The van der Waals surface area contributed by atoms with Crippen molar-refractivity contribution in [1.82, 2.24) is 5.32 Å². The van der Waals surface area contributed by atoms with E-state index < -0.39 is 5.60 Å². The number of aliphatic hydroxyl groups is 2. The van der Waals surface area contributed by atoms with Crippen LogP contribution in [0, 0.1) is 5.92 Å². The Morgan fingerprint density at radius 2 is 1.86 bits per heavy atom. The Labute approximate surface area is 128 Å². The second kappa shape index (κ2) is 8.11. The molecule has 1 fully saturated rings. The normalized spacial score (nSPS) is 26.6. The van der Waals surface area contributed by atoms with Crippen LogP contribution in [0.3, 0.4) is 0 Å². The molecule has 1 saturated carbocycles. The molecule has 0 saturated heterocycles. The highest BCUT2D eigenvalue weighted by Crippen LogP contribution is 2.33. The minimum atomic E-state index is -0.784. The lowest BCUT2D eigenvalue weighted by atomic mass is 9.78. The van der Waals surface area contributed by atoms with Crippen LogP contribution in [0.25, 0.3) is 0 Å². The quantitative estimate of drug-likeness (QED) is 0.594. The summed E-state index contributed by atoms with van der Waals surface area (Å²) < 4.78 is 5.05. The van der Waals surface area contributed by atoms with Crippen molar-refractivity contribution in [2.24, 2.45) is 5.92 Å². The van der Waals surface area contributed by atoms with Gasteiger partial charge in [-0.15, -0.1) is 0 Å². The third kappa shape index (κ3) is 4.94. The molecule has 1 aliphatic rings. The number of aliphatic hydroxyl groups excluding tert-OH is 1. The van der Waals surface area contributed by atoms with Crippen molar-refractivity contribution < 1.29 is 19.7 Å². The lowest BCUT2D eigenvalue weighted by Crippen LogP contribution is -2.54. The highest BCUT2D eigenvalue weighted by Gasteiger charge is 2.38. The van der Waals surface area contributed by atoms with Crippen molar-refractivity contribution in [2.45, 2.75) is 70.4 Å². The summed E-state index contributed by atoms with van der Waals surface area (Å²) >= 11 is 0. The van der Waals surface area contributed by atoms with Crippen LogP contribution in [0.5, 0.6) is 0 Å². The van der Waals surface area contributed by atoms with Gasteiger partial charge in [0.1, 0.15) is 0 Å². The summed E-state index contributed by atoms with van der Waals surface area (Å²) in [6.07, 6.45) is 4.17. The van der Waals surface area contributed by atoms with E-state index in [0.717, 1.165) is 12.8 Å². The first kappa shape index (κ1) is 18.4. The van der Waals surface area contributed by atoms with E-state index in [2.05, 4.69) is 5.32 Å². The van der Waals surface area contributed by atoms with Crippen LogP contribution in [0.1, 0.15) is 59.3 Å². The van der Waals surface area contributed by atoms with Gasteiger partial charge >= 0.3 is 5.97 Å². The fourth-order valence-corrected chi connectivity index (χ4v) is 2.96. The maximum Gasteiger partial charge on any atom is 0.308 e. The predicted octanol–water partition coefficient (Wildman–Crippen LogP) is 1.61. The Morgan fingerprint density at radius 1 is 1.29 bits per heavy atom. The summed E-state index contributed by atoms with van der Waals surface area (Å²) in [5, 5.41) is 23.6. The lowest BCUT2D eigenvalue weighted by Gasteiger charge is -2.39. The van der Waals surface area contributed by atoms with Gasteiger partial charge in [0.05, 0.1) is 24.7 Å². The molecule has 0 unspecified atom stereocenters. The number of nitrogens with one attached hydrogen (secondary N) is 1. The van der Waals surface area contributed by atoms with E-state index in [-0.39, 0.29) is 24.0 Å². The van der Waals surface area contributed by atoms with Gasteiger partial charge in [0.2, 0.25) is 0 Å². The molecule has 124 valence electrons. The van der Waals surface area contributed by atoms with Gasteiger partial charge in [-0.2, -0.15) is 0 Å². The van der Waals surface area contributed by atoms with E-state index in [1.165, 1.54) is 0 Å². The standard InChI is InChI=1S/C16H31NO4/c1-4-15(5-2,12-18)17-11-16(20)9-7-13(8-10-16)14(19)21-6-3/h13,17-18,20H,4-12H2,1-3H3. The lowest BCUT2D eigenvalue weighted by molar-refractivity contribution is -0.151. The Morgan fingerprint density at radius 3 is 2.29 bits per heavy atom. The zero-order valence-corrected chi connectivity index (χ0v) is 13.7. The molecule has 0 aromatic heterocycles. The minimum absolute atomic E-state index is 0.0710. The first-order chi connectivity index (χ1) is 9.94. The molecule has 0 heterocycles. The van der Waals surface area contributed by atoms with Crippen LogP contribution >= 0.6 is 0 Å². The molecule has 0 aromatic rings. The van der Waals surface area contributed by atoms with Gasteiger partial charge in [-0.25, -0.2) is 0 Å². The molecule has 0 spiro atoms. The monoisotopic (exact) mass is 301 g/mol. The Hall–Kier alpha value is -0.650. The molecule has 1 rings (SSSR count). The van der Waals surface area contributed by atoms with Crippen molar-refractivity contribution in [2.75, 3.05) is 19.8 Å². The average molecular weight is 301 g/mol. The highest BCUT2D eigenvalue weighted by atomic mass is 16.5. The topological polar surface area (TPSA) is 78.8 Å². The zero-order chi connectivity index (χ0) is 15.9. The molecular weight excluding hydrogens is 270 g/mol. The van der Waals surface area contributed by atoms with Gasteiger partial charge in [-0.05, 0) is 45.4 Å².